The van der Waals surface area contributed by atoms with Gasteiger partial charge in [0, 0.05) is 16.1 Å². The van der Waals surface area contributed by atoms with E-state index in [1.807, 2.05) is 18.2 Å². The Hall–Kier alpha value is -1.76. The van der Waals surface area contributed by atoms with Gasteiger partial charge in [0.15, 0.2) is 5.75 Å². The van der Waals surface area contributed by atoms with Crippen LogP contribution in [0.2, 0.25) is 20.1 Å². The second-order valence-corrected chi connectivity index (χ2v) is 8.50. The van der Waals surface area contributed by atoms with Crippen LogP contribution in [0.15, 0.2) is 64.2 Å². The summed E-state index contributed by atoms with van der Waals surface area (Å²) >= 11 is 27.7. The summed E-state index contributed by atoms with van der Waals surface area (Å²) in [5.74, 6) is 0.0586. The van der Waals surface area contributed by atoms with E-state index in [4.69, 9.17) is 51.1 Å². The number of nitrogens with one attached hydrogen (secondary N) is 1. The predicted molar refractivity (Wildman–Crippen MR) is 126 cm³/mol. The first-order valence-corrected chi connectivity index (χ1v) is 10.8. The largest absolute Gasteiger partial charge is 0.486 e. The number of benzene rings is 3. The molecule has 4 nitrogen and oxygen atoms in total. The van der Waals surface area contributed by atoms with Crippen LogP contribution in [0.4, 0.5) is 0 Å². The van der Waals surface area contributed by atoms with Gasteiger partial charge >= 0.3 is 0 Å². The fraction of sp³-hybridized carbons (Fsp3) is 0.0476. The second-order valence-electron chi connectivity index (χ2n) is 6.02. The Morgan fingerprint density at radius 2 is 1.73 bits per heavy atom. The molecule has 0 spiro atoms. The highest BCUT2D eigenvalue weighted by atomic mass is 79.9. The summed E-state index contributed by atoms with van der Waals surface area (Å²) in [7, 11) is 0. The molecule has 154 valence electrons. The summed E-state index contributed by atoms with van der Waals surface area (Å²) in [4.78, 5) is 12.1. The summed E-state index contributed by atoms with van der Waals surface area (Å²) in [5, 5.41) is 5.61. The van der Waals surface area contributed by atoms with E-state index in [0.717, 1.165) is 5.56 Å². The molecule has 30 heavy (non-hydrogen) atoms. The van der Waals surface area contributed by atoms with Crippen molar-refractivity contribution in [3.63, 3.8) is 0 Å². The van der Waals surface area contributed by atoms with E-state index in [9.17, 15) is 4.79 Å². The van der Waals surface area contributed by atoms with E-state index in [-0.39, 0.29) is 11.6 Å². The highest BCUT2D eigenvalue weighted by Gasteiger charge is 2.11. The fourth-order valence-electron chi connectivity index (χ4n) is 2.42. The summed E-state index contributed by atoms with van der Waals surface area (Å²) < 4.78 is 6.45. The molecule has 1 amide bonds. The molecule has 9 heteroatoms. The number of amides is 1. The van der Waals surface area contributed by atoms with Crippen molar-refractivity contribution >= 4 is 74.5 Å². The van der Waals surface area contributed by atoms with E-state index in [1.54, 1.807) is 30.3 Å². The van der Waals surface area contributed by atoms with Crippen molar-refractivity contribution in [3.8, 4) is 5.75 Å². The van der Waals surface area contributed by atoms with Gasteiger partial charge in [0.2, 0.25) is 0 Å². The molecule has 0 aliphatic heterocycles. The van der Waals surface area contributed by atoms with Gasteiger partial charge in [0.1, 0.15) is 6.61 Å². The molecule has 0 radical (unpaired) electrons. The number of hydrogen-bond acceptors (Lipinski definition) is 3. The van der Waals surface area contributed by atoms with Gasteiger partial charge in [-0.1, -0.05) is 64.6 Å². The Bertz CT molecular complexity index is 1100. The zero-order chi connectivity index (χ0) is 21.7. The van der Waals surface area contributed by atoms with Gasteiger partial charge in [0.25, 0.3) is 5.91 Å². The Morgan fingerprint density at radius 1 is 0.967 bits per heavy atom. The normalized spacial score (nSPS) is 11.0. The molecule has 0 saturated carbocycles. The number of carbonyl (C=O) groups is 1. The number of halogens is 5. The van der Waals surface area contributed by atoms with E-state index >= 15 is 0 Å². The maximum Gasteiger partial charge on any atom is 0.271 e. The minimum atomic E-state index is -0.422. The average molecular weight is 547 g/mol. The third-order valence-corrected chi connectivity index (χ3v) is 5.89. The van der Waals surface area contributed by atoms with Crippen molar-refractivity contribution in [2.45, 2.75) is 6.61 Å². The smallest absolute Gasteiger partial charge is 0.271 e. The van der Waals surface area contributed by atoms with Gasteiger partial charge in [-0.3, -0.25) is 4.79 Å². The number of nitrogens with zero attached hydrogens (tertiary/aromatic N) is 1. The molecule has 0 fully saturated rings. The van der Waals surface area contributed by atoms with Gasteiger partial charge in [0.05, 0.1) is 25.8 Å². The van der Waals surface area contributed by atoms with E-state index < -0.39 is 5.91 Å². The van der Waals surface area contributed by atoms with E-state index in [1.165, 1.54) is 12.3 Å². The zero-order valence-corrected chi connectivity index (χ0v) is 19.7. The van der Waals surface area contributed by atoms with E-state index in [2.05, 4.69) is 26.5 Å². The minimum absolute atomic E-state index is 0.269. The van der Waals surface area contributed by atoms with Crippen molar-refractivity contribution in [3.05, 3.63) is 95.9 Å². The Balaban J connectivity index is 1.66. The maximum atomic E-state index is 12.1. The molecule has 0 atom stereocenters. The maximum absolute atomic E-state index is 12.1. The molecule has 3 rings (SSSR count). The van der Waals surface area contributed by atoms with Gasteiger partial charge in [-0.15, -0.1) is 0 Å². The molecule has 0 heterocycles. The first-order valence-electron chi connectivity index (χ1n) is 8.49. The van der Waals surface area contributed by atoms with Crippen molar-refractivity contribution < 1.29 is 9.53 Å². The third kappa shape index (κ3) is 5.90. The lowest BCUT2D eigenvalue weighted by molar-refractivity contribution is 0.0955. The number of rotatable bonds is 6. The summed E-state index contributed by atoms with van der Waals surface area (Å²) in [6, 6.07) is 15.4. The van der Waals surface area contributed by atoms with Crippen LogP contribution in [0.25, 0.3) is 0 Å². The number of carbonyl (C=O) groups excluding carboxylic acids is 1. The summed E-state index contributed by atoms with van der Waals surface area (Å²) in [6.45, 7) is 0.269. The lowest BCUT2D eigenvalue weighted by atomic mass is 10.2. The zero-order valence-electron chi connectivity index (χ0n) is 15.1. The summed E-state index contributed by atoms with van der Waals surface area (Å²) in [5.41, 5.74) is 4.27. The second kappa shape index (κ2) is 10.5. The van der Waals surface area contributed by atoms with Crippen LogP contribution >= 0.6 is 62.3 Å². The Labute approximate surface area is 201 Å². The Morgan fingerprint density at radius 3 is 2.43 bits per heavy atom. The quantitative estimate of drug-likeness (QED) is 0.258. The van der Waals surface area contributed by atoms with Crippen LogP contribution in [0.3, 0.4) is 0 Å². The Kier molecular flexibility index (Phi) is 8.03. The molecule has 1 N–H and O–H groups in total. The van der Waals surface area contributed by atoms with Crippen molar-refractivity contribution in [2.75, 3.05) is 0 Å². The van der Waals surface area contributed by atoms with Crippen LogP contribution in [-0.4, -0.2) is 12.1 Å². The first-order chi connectivity index (χ1) is 14.3. The fourth-order valence-corrected chi connectivity index (χ4v) is 3.90. The standard InChI is InChI=1S/C21H13BrCl4N2O2/c22-15-7-12(10-27-28-21(29)13-5-6-17(24)18(25)9-13)8-19(26)20(15)30-11-14-3-1-2-4-16(14)23/h1-10H,11H2,(H,28,29)/b27-10-. The van der Waals surface area contributed by atoms with Gasteiger partial charge in [-0.2, -0.15) is 5.10 Å². The SMILES string of the molecule is O=C(N/N=C\c1cc(Cl)c(OCc2ccccc2Cl)c(Br)c1)c1ccc(Cl)c(Cl)c1. The highest BCUT2D eigenvalue weighted by Crippen LogP contribution is 2.35. The van der Waals surface area contributed by atoms with Crippen LogP contribution in [-0.2, 0) is 6.61 Å². The number of hydrazone groups is 1. The molecule has 0 saturated heterocycles. The molecular formula is C21H13BrCl4N2O2. The summed E-state index contributed by atoms with van der Waals surface area (Å²) in [6.07, 6.45) is 1.46. The molecule has 0 unspecified atom stereocenters. The van der Waals surface area contributed by atoms with E-state index in [0.29, 0.717) is 36.4 Å². The van der Waals surface area contributed by atoms with Crippen LogP contribution < -0.4 is 10.2 Å². The van der Waals surface area contributed by atoms with Crippen molar-refractivity contribution in [2.24, 2.45) is 5.10 Å². The molecule has 0 aromatic heterocycles. The molecule has 3 aromatic carbocycles. The lowest BCUT2D eigenvalue weighted by Crippen LogP contribution is -2.17. The minimum Gasteiger partial charge on any atom is -0.486 e. The molecule has 3 aromatic rings. The first kappa shape index (κ1) is 22.9. The molecule has 0 bridgehead atoms. The lowest BCUT2D eigenvalue weighted by Gasteiger charge is -2.12. The monoisotopic (exact) mass is 544 g/mol. The van der Waals surface area contributed by atoms with Crippen LogP contribution in [0.5, 0.6) is 5.75 Å². The number of ether oxygens (including phenoxy) is 1. The van der Waals surface area contributed by atoms with Gasteiger partial charge in [-0.25, -0.2) is 5.43 Å². The van der Waals surface area contributed by atoms with Crippen molar-refractivity contribution in [1.82, 2.24) is 5.43 Å². The average Bonchev–Trinajstić information content (AvgIpc) is 2.70. The highest BCUT2D eigenvalue weighted by molar-refractivity contribution is 9.10. The van der Waals surface area contributed by atoms with Gasteiger partial charge < -0.3 is 4.74 Å². The van der Waals surface area contributed by atoms with Crippen LogP contribution in [0, 0.1) is 0 Å². The molecule has 0 aliphatic rings. The molecule has 0 aliphatic carbocycles. The van der Waals surface area contributed by atoms with Crippen LogP contribution in [0.1, 0.15) is 21.5 Å². The molecular weight excluding hydrogens is 534 g/mol. The van der Waals surface area contributed by atoms with Crippen molar-refractivity contribution in [1.29, 1.82) is 0 Å². The topological polar surface area (TPSA) is 50.7 Å². The predicted octanol–water partition coefficient (Wildman–Crippen LogP) is 7.41. The third-order valence-electron chi connectivity index (χ3n) is 3.91. The van der Waals surface area contributed by atoms with Gasteiger partial charge in [-0.05, 0) is 57.9 Å². The number of hydrogen-bond donors (Lipinski definition) is 1.